The third-order valence-corrected chi connectivity index (χ3v) is 5.57. The summed E-state index contributed by atoms with van der Waals surface area (Å²) in [6.45, 7) is 2.21. The molecular weight excluding hydrogens is 408 g/mol. The van der Waals surface area contributed by atoms with Crippen LogP contribution in [0.1, 0.15) is 11.1 Å². The molecule has 2 aromatic rings. The molecule has 0 saturated carbocycles. The van der Waals surface area contributed by atoms with E-state index in [9.17, 15) is 18.0 Å². The van der Waals surface area contributed by atoms with Crippen LogP contribution in [-0.2, 0) is 21.4 Å². The Balaban J connectivity index is 1.63. The number of benzene rings is 2. The minimum Gasteiger partial charge on any atom is -0.497 e. The van der Waals surface area contributed by atoms with Gasteiger partial charge in [0, 0.05) is 19.6 Å². The average molecular weight is 435 g/mol. The Bertz CT molecular complexity index is 944. The van der Waals surface area contributed by atoms with E-state index >= 15 is 0 Å². The fraction of sp³-hybridized carbons (Fsp3) is 0.300. The summed E-state index contributed by atoms with van der Waals surface area (Å²) in [5, 5.41) is 7.63. The highest BCUT2D eigenvalue weighted by molar-refractivity contribution is 7.89. The summed E-state index contributed by atoms with van der Waals surface area (Å²) in [4.78, 5) is 23.6. The Morgan fingerprint density at radius 1 is 0.900 bits per heavy atom. The Hall–Kier alpha value is -3.11. The summed E-state index contributed by atoms with van der Waals surface area (Å²) in [7, 11) is -2.19. The number of aryl methyl sites for hydroxylation is 1. The van der Waals surface area contributed by atoms with Crippen molar-refractivity contribution in [2.75, 3.05) is 26.7 Å². The van der Waals surface area contributed by atoms with E-state index in [4.69, 9.17) is 4.74 Å². The van der Waals surface area contributed by atoms with E-state index in [0.717, 1.165) is 11.1 Å². The molecule has 0 aliphatic rings. The van der Waals surface area contributed by atoms with Gasteiger partial charge < -0.3 is 20.7 Å². The minimum atomic E-state index is -3.68. The number of carbonyl (C=O) groups excluding carboxylic acids is 2. The third-order valence-electron chi connectivity index (χ3n) is 4.09. The zero-order valence-electron chi connectivity index (χ0n) is 16.9. The first-order valence-corrected chi connectivity index (χ1v) is 10.8. The summed E-state index contributed by atoms with van der Waals surface area (Å²) >= 11 is 0. The first kappa shape index (κ1) is 23.2. The molecule has 0 aromatic heterocycles. The van der Waals surface area contributed by atoms with Gasteiger partial charge in [0.25, 0.3) is 0 Å². The van der Waals surface area contributed by atoms with Crippen molar-refractivity contribution in [1.29, 1.82) is 0 Å². The lowest BCUT2D eigenvalue weighted by atomic mass is 10.1. The molecule has 0 heterocycles. The van der Waals surface area contributed by atoms with Gasteiger partial charge in [-0.15, -0.1) is 0 Å². The SMILES string of the molecule is COc1ccc(S(=O)(=O)NCCNC(=O)CNC(=O)NCc2ccc(C)cc2)cc1. The maximum absolute atomic E-state index is 12.2. The van der Waals surface area contributed by atoms with E-state index in [1.807, 2.05) is 31.2 Å². The van der Waals surface area contributed by atoms with Crippen molar-refractivity contribution in [2.45, 2.75) is 18.4 Å². The van der Waals surface area contributed by atoms with E-state index < -0.39 is 22.0 Å². The van der Waals surface area contributed by atoms with Gasteiger partial charge in [0.2, 0.25) is 15.9 Å². The lowest BCUT2D eigenvalue weighted by molar-refractivity contribution is -0.120. The van der Waals surface area contributed by atoms with Gasteiger partial charge in [-0.05, 0) is 36.8 Å². The van der Waals surface area contributed by atoms with Gasteiger partial charge in [0.15, 0.2) is 0 Å². The summed E-state index contributed by atoms with van der Waals surface area (Å²) < 4.78 is 31.7. The van der Waals surface area contributed by atoms with Gasteiger partial charge in [-0.3, -0.25) is 4.79 Å². The maximum Gasteiger partial charge on any atom is 0.315 e. The second kappa shape index (κ2) is 11.2. The third kappa shape index (κ3) is 7.72. The Morgan fingerprint density at radius 3 is 2.20 bits per heavy atom. The fourth-order valence-electron chi connectivity index (χ4n) is 2.40. The summed E-state index contributed by atoms with van der Waals surface area (Å²) in [6.07, 6.45) is 0. The highest BCUT2D eigenvalue weighted by atomic mass is 32.2. The first-order chi connectivity index (χ1) is 14.3. The van der Waals surface area contributed by atoms with Crippen LogP contribution in [0.4, 0.5) is 4.79 Å². The number of nitrogens with one attached hydrogen (secondary N) is 4. The molecule has 0 saturated heterocycles. The number of hydrogen-bond acceptors (Lipinski definition) is 5. The van der Waals surface area contributed by atoms with Crippen molar-refractivity contribution >= 4 is 22.0 Å². The first-order valence-electron chi connectivity index (χ1n) is 9.28. The van der Waals surface area contributed by atoms with E-state index in [0.29, 0.717) is 12.3 Å². The molecule has 0 bridgehead atoms. The second-order valence-electron chi connectivity index (χ2n) is 6.45. The number of methoxy groups -OCH3 is 1. The molecule has 162 valence electrons. The largest absolute Gasteiger partial charge is 0.497 e. The molecule has 30 heavy (non-hydrogen) atoms. The molecule has 0 spiro atoms. The molecule has 2 rings (SSSR count). The molecular formula is C20H26N4O5S. The van der Waals surface area contributed by atoms with Gasteiger partial charge in [-0.25, -0.2) is 17.9 Å². The van der Waals surface area contributed by atoms with Crippen LogP contribution in [0.5, 0.6) is 5.75 Å². The zero-order valence-corrected chi connectivity index (χ0v) is 17.7. The van der Waals surface area contributed by atoms with Crippen molar-refractivity contribution in [3.63, 3.8) is 0 Å². The normalized spacial score (nSPS) is 10.9. The number of rotatable bonds is 10. The molecule has 3 amide bonds. The number of amides is 3. The van der Waals surface area contributed by atoms with Crippen LogP contribution in [0.2, 0.25) is 0 Å². The van der Waals surface area contributed by atoms with Gasteiger partial charge in [0.1, 0.15) is 5.75 Å². The summed E-state index contributed by atoms with van der Waals surface area (Å²) in [5.41, 5.74) is 2.08. The van der Waals surface area contributed by atoms with Crippen LogP contribution in [0.3, 0.4) is 0 Å². The molecule has 0 atom stereocenters. The number of carbonyl (C=O) groups is 2. The predicted molar refractivity (Wildman–Crippen MR) is 113 cm³/mol. The molecule has 0 unspecified atom stereocenters. The minimum absolute atomic E-state index is 0.0136. The number of sulfonamides is 1. The highest BCUT2D eigenvalue weighted by Gasteiger charge is 2.13. The second-order valence-corrected chi connectivity index (χ2v) is 8.21. The topological polar surface area (TPSA) is 126 Å². The van der Waals surface area contributed by atoms with Gasteiger partial charge in [-0.2, -0.15) is 0 Å². The Kier molecular flexibility index (Phi) is 8.63. The van der Waals surface area contributed by atoms with Crippen LogP contribution < -0.4 is 25.4 Å². The van der Waals surface area contributed by atoms with E-state index in [1.165, 1.54) is 19.2 Å². The molecule has 0 aliphatic carbocycles. The quantitative estimate of drug-likeness (QED) is 0.414. The van der Waals surface area contributed by atoms with Crippen molar-refractivity contribution in [3.8, 4) is 5.75 Å². The number of ether oxygens (including phenoxy) is 1. The van der Waals surface area contributed by atoms with E-state index in [2.05, 4.69) is 20.7 Å². The van der Waals surface area contributed by atoms with Crippen molar-refractivity contribution in [3.05, 3.63) is 59.7 Å². The molecule has 0 fully saturated rings. The number of urea groups is 1. The van der Waals surface area contributed by atoms with E-state index in [1.54, 1.807) is 12.1 Å². The molecule has 10 heteroatoms. The van der Waals surface area contributed by atoms with Gasteiger partial charge in [0.05, 0.1) is 18.6 Å². The molecule has 9 nitrogen and oxygen atoms in total. The molecule has 0 radical (unpaired) electrons. The number of hydrogen-bond donors (Lipinski definition) is 4. The maximum atomic E-state index is 12.2. The van der Waals surface area contributed by atoms with Crippen LogP contribution in [-0.4, -0.2) is 47.1 Å². The zero-order chi connectivity index (χ0) is 22.0. The standard InChI is InChI=1S/C20H26N4O5S/c1-15-3-5-16(6-4-15)13-22-20(26)23-14-19(25)21-11-12-24-30(27,28)18-9-7-17(29-2)8-10-18/h3-10,24H,11-14H2,1-2H3,(H,21,25)(H2,22,23,26). The predicted octanol–water partition coefficient (Wildman–Crippen LogP) is 0.898. The smallest absolute Gasteiger partial charge is 0.315 e. The average Bonchev–Trinajstić information content (AvgIpc) is 2.75. The summed E-state index contributed by atoms with van der Waals surface area (Å²) in [5.74, 6) is 0.126. The molecule has 0 aliphatic heterocycles. The Labute approximate surface area is 176 Å². The van der Waals surface area contributed by atoms with Crippen LogP contribution >= 0.6 is 0 Å². The van der Waals surface area contributed by atoms with Gasteiger partial charge in [-0.1, -0.05) is 29.8 Å². The fourth-order valence-corrected chi connectivity index (χ4v) is 3.43. The van der Waals surface area contributed by atoms with Crippen molar-refractivity contribution < 1.29 is 22.7 Å². The van der Waals surface area contributed by atoms with E-state index in [-0.39, 0.29) is 24.5 Å². The lowest BCUT2D eigenvalue weighted by Crippen LogP contribution is -2.43. The van der Waals surface area contributed by atoms with Crippen LogP contribution in [0.15, 0.2) is 53.4 Å². The molecule has 4 N–H and O–H groups in total. The van der Waals surface area contributed by atoms with Crippen LogP contribution in [0.25, 0.3) is 0 Å². The van der Waals surface area contributed by atoms with Gasteiger partial charge >= 0.3 is 6.03 Å². The van der Waals surface area contributed by atoms with Crippen molar-refractivity contribution in [2.24, 2.45) is 0 Å². The lowest BCUT2D eigenvalue weighted by Gasteiger charge is -2.10. The summed E-state index contributed by atoms with van der Waals surface area (Å²) in [6, 6.07) is 13.2. The Morgan fingerprint density at radius 2 is 1.57 bits per heavy atom. The highest BCUT2D eigenvalue weighted by Crippen LogP contribution is 2.14. The van der Waals surface area contributed by atoms with Crippen LogP contribution in [0, 0.1) is 6.92 Å². The monoisotopic (exact) mass is 434 g/mol. The van der Waals surface area contributed by atoms with Crippen molar-refractivity contribution in [1.82, 2.24) is 20.7 Å². The molecule has 2 aromatic carbocycles.